The lowest BCUT2D eigenvalue weighted by atomic mass is 10.0. The molecule has 16 heteroatoms. The maximum absolute atomic E-state index is 13.5. The second-order valence-electron chi connectivity index (χ2n) is 10.8. The van der Waals surface area contributed by atoms with Gasteiger partial charge in [0.2, 0.25) is 29.5 Å². The Balaban J connectivity index is 2.28. The van der Waals surface area contributed by atoms with Crippen LogP contribution < -0.4 is 38.5 Å². The summed E-state index contributed by atoms with van der Waals surface area (Å²) in [5.41, 5.74) is 17.6. The van der Waals surface area contributed by atoms with Crippen molar-refractivity contribution in [3.8, 4) is 5.75 Å². The summed E-state index contributed by atoms with van der Waals surface area (Å²) in [6, 6.07) is 9.74. The molecule has 47 heavy (non-hydrogen) atoms. The van der Waals surface area contributed by atoms with Crippen LogP contribution >= 0.6 is 0 Å². The van der Waals surface area contributed by atoms with Gasteiger partial charge in [0.15, 0.2) is 5.96 Å². The lowest BCUT2D eigenvalue weighted by molar-refractivity contribution is -0.138. The number of phenols is 1. The van der Waals surface area contributed by atoms with Crippen LogP contribution in [0.15, 0.2) is 59.6 Å². The van der Waals surface area contributed by atoms with E-state index in [-0.39, 0.29) is 50.4 Å². The summed E-state index contributed by atoms with van der Waals surface area (Å²) in [5, 5.41) is 29.0. The Bertz CT molecular complexity index is 1410. The van der Waals surface area contributed by atoms with Gasteiger partial charge in [-0.05, 0) is 42.5 Å². The molecule has 0 aliphatic heterocycles. The van der Waals surface area contributed by atoms with Crippen molar-refractivity contribution >= 4 is 41.5 Å². The summed E-state index contributed by atoms with van der Waals surface area (Å²) in [5.74, 6) is -5.19. The Morgan fingerprint density at radius 2 is 1.21 bits per heavy atom. The van der Waals surface area contributed by atoms with Gasteiger partial charge in [-0.15, -0.1) is 0 Å². The molecule has 0 aromatic heterocycles. The topological polar surface area (TPSA) is 281 Å². The standard InChI is InChI=1S/C31H42N8O8/c1-18(40)36-25(17-20-9-11-21(41)12-10-20)30(47)38-23(13-14-26(42)43)29(46)37-22(8-5-15-35-31(33)34)28(45)39-24(27(32)44)16-19-6-3-2-4-7-19/h2-4,6-7,9-12,22-25,41H,5,8,13-17H2,1H3,(H2,32,44)(H,36,40)(H,37,46)(H,38,47)(H,39,45)(H,42,43)(H4,33,34,35)/t22-,23-,24-,25-/m0/s1. The first-order valence-electron chi connectivity index (χ1n) is 14.8. The van der Waals surface area contributed by atoms with Gasteiger partial charge in [0.25, 0.3) is 0 Å². The average Bonchev–Trinajstić information content (AvgIpc) is 3.00. The largest absolute Gasteiger partial charge is 0.508 e. The van der Waals surface area contributed by atoms with E-state index in [9.17, 15) is 39.0 Å². The van der Waals surface area contributed by atoms with E-state index in [1.54, 1.807) is 42.5 Å². The van der Waals surface area contributed by atoms with E-state index in [0.29, 0.717) is 5.56 Å². The Morgan fingerprint density at radius 1 is 0.702 bits per heavy atom. The van der Waals surface area contributed by atoms with Crippen molar-refractivity contribution in [3.63, 3.8) is 0 Å². The maximum Gasteiger partial charge on any atom is 0.303 e. The zero-order chi connectivity index (χ0) is 34.9. The minimum Gasteiger partial charge on any atom is -0.508 e. The summed E-state index contributed by atoms with van der Waals surface area (Å²) in [6.07, 6.45) is -0.563. The van der Waals surface area contributed by atoms with Crippen LogP contribution in [0.2, 0.25) is 0 Å². The number of amides is 5. The number of rotatable bonds is 19. The molecule has 2 aromatic rings. The van der Waals surface area contributed by atoms with Gasteiger partial charge in [-0.2, -0.15) is 0 Å². The van der Waals surface area contributed by atoms with Gasteiger partial charge >= 0.3 is 5.97 Å². The van der Waals surface area contributed by atoms with Crippen molar-refractivity contribution in [2.24, 2.45) is 22.2 Å². The minimum atomic E-state index is -1.43. The van der Waals surface area contributed by atoms with Crippen LogP contribution in [0.4, 0.5) is 0 Å². The number of nitrogens with zero attached hydrogens (tertiary/aromatic N) is 1. The smallest absolute Gasteiger partial charge is 0.303 e. The predicted octanol–water partition coefficient (Wildman–Crippen LogP) is -1.46. The molecule has 0 aliphatic carbocycles. The molecule has 4 atom stereocenters. The molecule has 2 rings (SSSR count). The van der Waals surface area contributed by atoms with Crippen LogP contribution in [-0.4, -0.2) is 82.4 Å². The molecule has 254 valence electrons. The number of carboxylic acids is 1. The van der Waals surface area contributed by atoms with Crippen LogP contribution in [0, 0.1) is 0 Å². The van der Waals surface area contributed by atoms with E-state index in [4.69, 9.17) is 17.2 Å². The zero-order valence-corrected chi connectivity index (χ0v) is 26.0. The number of phenolic OH excluding ortho intramolecular Hbond substituents is 1. The van der Waals surface area contributed by atoms with E-state index < -0.39 is 66.1 Å². The number of primary amides is 1. The van der Waals surface area contributed by atoms with Gasteiger partial charge in [0.05, 0.1) is 0 Å². The monoisotopic (exact) mass is 654 g/mol. The molecule has 0 saturated heterocycles. The molecule has 0 spiro atoms. The highest BCUT2D eigenvalue weighted by molar-refractivity contribution is 5.95. The van der Waals surface area contributed by atoms with Crippen LogP contribution in [0.3, 0.4) is 0 Å². The summed E-state index contributed by atoms with van der Waals surface area (Å²) >= 11 is 0. The zero-order valence-electron chi connectivity index (χ0n) is 26.0. The number of nitrogens with two attached hydrogens (primary N) is 3. The Labute approximate surface area is 271 Å². The second kappa shape index (κ2) is 19.0. The molecule has 0 aliphatic rings. The molecule has 5 amide bonds. The van der Waals surface area contributed by atoms with Gasteiger partial charge in [0, 0.05) is 32.7 Å². The molecular weight excluding hydrogens is 612 g/mol. The molecule has 12 N–H and O–H groups in total. The summed E-state index contributed by atoms with van der Waals surface area (Å²) in [7, 11) is 0. The van der Waals surface area contributed by atoms with E-state index in [2.05, 4.69) is 26.3 Å². The molecule has 0 radical (unpaired) electrons. The van der Waals surface area contributed by atoms with Gasteiger partial charge in [-0.3, -0.25) is 33.8 Å². The van der Waals surface area contributed by atoms with E-state index in [1.807, 2.05) is 0 Å². The molecule has 0 unspecified atom stereocenters. The normalized spacial score (nSPS) is 13.1. The molecular formula is C31H42N8O8. The fraction of sp³-hybridized carbons (Fsp3) is 0.387. The van der Waals surface area contributed by atoms with Crippen LogP contribution in [-0.2, 0) is 41.6 Å². The molecule has 0 heterocycles. The van der Waals surface area contributed by atoms with Gasteiger partial charge < -0.3 is 48.7 Å². The van der Waals surface area contributed by atoms with Crippen molar-refractivity contribution in [1.29, 1.82) is 0 Å². The van der Waals surface area contributed by atoms with Crippen molar-refractivity contribution in [1.82, 2.24) is 21.3 Å². The summed E-state index contributed by atoms with van der Waals surface area (Å²) in [6.45, 7) is 1.31. The van der Waals surface area contributed by atoms with E-state index in [0.717, 1.165) is 5.56 Å². The van der Waals surface area contributed by atoms with Crippen LogP contribution in [0.25, 0.3) is 0 Å². The third-order valence-electron chi connectivity index (χ3n) is 6.87. The van der Waals surface area contributed by atoms with Crippen LogP contribution in [0.5, 0.6) is 5.75 Å². The van der Waals surface area contributed by atoms with Crippen molar-refractivity contribution < 1.29 is 39.0 Å². The number of aliphatic carboxylic acids is 1. The Morgan fingerprint density at radius 3 is 1.74 bits per heavy atom. The average molecular weight is 655 g/mol. The third kappa shape index (κ3) is 14.3. The quantitative estimate of drug-likeness (QED) is 0.0482. The highest BCUT2D eigenvalue weighted by Gasteiger charge is 2.31. The highest BCUT2D eigenvalue weighted by atomic mass is 16.4. The lowest BCUT2D eigenvalue weighted by Gasteiger charge is -2.26. The number of nitrogens with one attached hydrogen (secondary N) is 4. The first-order chi connectivity index (χ1) is 22.2. The molecule has 16 nitrogen and oxygen atoms in total. The Kier molecular flexibility index (Phi) is 15.2. The SMILES string of the molecule is CC(=O)N[C@@H](Cc1ccc(O)cc1)C(=O)N[C@@H](CCC(=O)O)C(=O)N[C@@H](CCCN=C(N)N)C(=O)N[C@@H](Cc1ccccc1)C(N)=O. The first-order valence-corrected chi connectivity index (χ1v) is 14.8. The maximum atomic E-state index is 13.5. The van der Waals surface area contributed by atoms with E-state index in [1.165, 1.54) is 19.1 Å². The number of aromatic hydroxyl groups is 1. The predicted molar refractivity (Wildman–Crippen MR) is 171 cm³/mol. The lowest BCUT2D eigenvalue weighted by Crippen LogP contribution is -2.58. The first kappa shape index (κ1) is 37.5. The molecule has 0 fully saturated rings. The third-order valence-corrected chi connectivity index (χ3v) is 6.87. The number of benzene rings is 2. The second-order valence-corrected chi connectivity index (χ2v) is 10.8. The van der Waals surface area contributed by atoms with Gasteiger partial charge in [-0.25, -0.2) is 0 Å². The highest BCUT2D eigenvalue weighted by Crippen LogP contribution is 2.12. The molecule has 0 saturated carbocycles. The van der Waals surface area contributed by atoms with E-state index >= 15 is 0 Å². The van der Waals surface area contributed by atoms with Crippen molar-refractivity contribution in [2.45, 2.75) is 69.6 Å². The number of carbonyl (C=O) groups is 6. The van der Waals surface area contributed by atoms with Gasteiger partial charge in [0.1, 0.15) is 29.9 Å². The Hall–Kier alpha value is -5.67. The number of aliphatic imine (C=N–C) groups is 1. The number of hydrogen-bond donors (Lipinski definition) is 9. The number of carbonyl (C=O) groups excluding carboxylic acids is 5. The number of guanidine groups is 1. The fourth-order valence-electron chi connectivity index (χ4n) is 4.52. The van der Waals surface area contributed by atoms with Crippen molar-refractivity contribution in [2.75, 3.05) is 6.54 Å². The summed E-state index contributed by atoms with van der Waals surface area (Å²) in [4.78, 5) is 79.6. The fourth-order valence-corrected chi connectivity index (χ4v) is 4.52. The molecule has 2 aromatic carbocycles. The van der Waals surface area contributed by atoms with Crippen molar-refractivity contribution in [3.05, 3.63) is 65.7 Å². The minimum absolute atomic E-state index is 0.000138. The van der Waals surface area contributed by atoms with Crippen LogP contribution in [0.1, 0.15) is 43.7 Å². The molecule has 0 bridgehead atoms. The number of hydrogen-bond acceptors (Lipinski definition) is 8. The number of carboxylic acid groups (broad SMARTS) is 1. The van der Waals surface area contributed by atoms with Gasteiger partial charge in [-0.1, -0.05) is 42.5 Å². The summed E-state index contributed by atoms with van der Waals surface area (Å²) < 4.78 is 0.